The van der Waals surface area contributed by atoms with E-state index in [1.807, 2.05) is 36.9 Å². The molecule has 5 nitrogen and oxygen atoms in total. The number of nitrogens with one attached hydrogen (secondary N) is 1. The molecule has 0 aliphatic rings. The summed E-state index contributed by atoms with van der Waals surface area (Å²) in [6, 6.07) is 5.63. The van der Waals surface area contributed by atoms with Crippen LogP contribution in [0.5, 0.6) is 5.75 Å². The van der Waals surface area contributed by atoms with Gasteiger partial charge in [-0.2, -0.15) is 0 Å². The minimum absolute atomic E-state index is 0.0505. The van der Waals surface area contributed by atoms with Crippen molar-refractivity contribution in [2.45, 2.75) is 13.8 Å². The SMILES string of the molecule is CCN(CCO)CC(=O)Nc1cc(C)ccc1OC. The topological polar surface area (TPSA) is 61.8 Å². The van der Waals surface area contributed by atoms with E-state index in [1.54, 1.807) is 7.11 Å². The van der Waals surface area contributed by atoms with E-state index in [0.717, 1.165) is 12.1 Å². The number of carbonyl (C=O) groups is 1. The predicted octanol–water partition coefficient (Wildman–Crippen LogP) is 1.26. The molecule has 0 saturated heterocycles. The Morgan fingerprint density at radius 2 is 2.21 bits per heavy atom. The van der Waals surface area contributed by atoms with Crippen LogP contribution in [-0.4, -0.2) is 49.3 Å². The van der Waals surface area contributed by atoms with E-state index in [9.17, 15) is 4.79 Å². The van der Waals surface area contributed by atoms with Crippen LogP contribution in [0.2, 0.25) is 0 Å². The highest BCUT2D eigenvalue weighted by atomic mass is 16.5. The largest absolute Gasteiger partial charge is 0.495 e. The van der Waals surface area contributed by atoms with Crippen molar-refractivity contribution in [2.24, 2.45) is 0 Å². The van der Waals surface area contributed by atoms with Gasteiger partial charge in [-0.15, -0.1) is 0 Å². The van der Waals surface area contributed by atoms with E-state index in [-0.39, 0.29) is 19.1 Å². The van der Waals surface area contributed by atoms with E-state index in [1.165, 1.54) is 0 Å². The first-order valence-corrected chi connectivity index (χ1v) is 6.38. The Balaban J connectivity index is 2.68. The van der Waals surface area contributed by atoms with Gasteiger partial charge >= 0.3 is 0 Å². The first-order chi connectivity index (χ1) is 9.10. The summed E-state index contributed by atoms with van der Waals surface area (Å²) in [6.45, 7) is 5.44. The average molecular weight is 266 g/mol. The molecule has 1 aromatic carbocycles. The zero-order chi connectivity index (χ0) is 14.3. The van der Waals surface area contributed by atoms with E-state index in [4.69, 9.17) is 9.84 Å². The molecule has 19 heavy (non-hydrogen) atoms. The van der Waals surface area contributed by atoms with Gasteiger partial charge in [0, 0.05) is 6.54 Å². The Morgan fingerprint density at radius 1 is 1.47 bits per heavy atom. The maximum absolute atomic E-state index is 11.9. The molecule has 0 fully saturated rings. The minimum Gasteiger partial charge on any atom is -0.495 e. The Kier molecular flexibility index (Phi) is 6.32. The molecule has 2 N–H and O–H groups in total. The number of hydrogen-bond acceptors (Lipinski definition) is 4. The molecule has 1 amide bonds. The number of aryl methyl sites for hydroxylation is 1. The van der Waals surface area contributed by atoms with Crippen molar-refractivity contribution in [3.8, 4) is 5.75 Å². The lowest BCUT2D eigenvalue weighted by Gasteiger charge is -2.19. The number of nitrogens with zero attached hydrogens (tertiary/aromatic N) is 1. The van der Waals surface area contributed by atoms with Crippen molar-refractivity contribution in [3.63, 3.8) is 0 Å². The second-order valence-corrected chi connectivity index (χ2v) is 4.34. The molecule has 5 heteroatoms. The summed E-state index contributed by atoms with van der Waals surface area (Å²) in [5.41, 5.74) is 1.73. The normalized spacial score (nSPS) is 10.6. The highest BCUT2D eigenvalue weighted by molar-refractivity contribution is 5.93. The molecule has 0 aromatic heterocycles. The van der Waals surface area contributed by atoms with Gasteiger partial charge in [-0.25, -0.2) is 0 Å². The monoisotopic (exact) mass is 266 g/mol. The predicted molar refractivity (Wildman–Crippen MR) is 75.6 cm³/mol. The summed E-state index contributed by atoms with van der Waals surface area (Å²) in [5, 5.41) is 11.7. The molecule has 0 saturated carbocycles. The van der Waals surface area contributed by atoms with Gasteiger partial charge < -0.3 is 15.2 Å². The number of likely N-dealkylation sites (N-methyl/N-ethyl adjacent to an activating group) is 1. The lowest BCUT2D eigenvalue weighted by Crippen LogP contribution is -2.35. The third-order valence-electron chi connectivity index (χ3n) is 2.86. The van der Waals surface area contributed by atoms with E-state index >= 15 is 0 Å². The van der Waals surface area contributed by atoms with Gasteiger partial charge in [-0.3, -0.25) is 9.69 Å². The van der Waals surface area contributed by atoms with Crippen molar-refractivity contribution in [1.82, 2.24) is 4.90 Å². The third kappa shape index (κ3) is 4.89. The number of amides is 1. The third-order valence-corrected chi connectivity index (χ3v) is 2.86. The smallest absolute Gasteiger partial charge is 0.238 e. The van der Waals surface area contributed by atoms with Gasteiger partial charge in [-0.05, 0) is 31.2 Å². The van der Waals surface area contributed by atoms with Crippen LogP contribution in [0.1, 0.15) is 12.5 Å². The summed E-state index contributed by atoms with van der Waals surface area (Å²) < 4.78 is 5.21. The molecule has 0 radical (unpaired) electrons. The molecule has 0 unspecified atom stereocenters. The summed E-state index contributed by atoms with van der Waals surface area (Å²) in [4.78, 5) is 13.8. The number of carbonyl (C=O) groups excluding carboxylic acids is 1. The van der Waals surface area contributed by atoms with E-state index < -0.39 is 0 Å². The summed E-state index contributed by atoms with van der Waals surface area (Å²) in [6.07, 6.45) is 0. The van der Waals surface area contributed by atoms with Gasteiger partial charge in [0.15, 0.2) is 0 Å². The lowest BCUT2D eigenvalue weighted by molar-refractivity contribution is -0.117. The molecule has 1 aromatic rings. The Labute approximate surface area is 114 Å². The number of aliphatic hydroxyl groups is 1. The highest BCUT2D eigenvalue weighted by Crippen LogP contribution is 2.24. The standard InChI is InChI=1S/C14H22N2O3/c1-4-16(7-8-17)10-14(18)15-12-9-11(2)5-6-13(12)19-3/h5-6,9,17H,4,7-8,10H2,1-3H3,(H,15,18). The summed E-state index contributed by atoms with van der Waals surface area (Å²) in [7, 11) is 1.57. The van der Waals surface area contributed by atoms with Crippen molar-refractivity contribution >= 4 is 11.6 Å². The zero-order valence-electron chi connectivity index (χ0n) is 11.8. The summed E-state index contributed by atoms with van der Waals surface area (Å²) >= 11 is 0. The number of hydrogen-bond donors (Lipinski definition) is 2. The van der Waals surface area contributed by atoms with E-state index in [0.29, 0.717) is 18.0 Å². The molecular formula is C14H22N2O3. The van der Waals surface area contributed by atoms with Crippen LogP contribution >= 0.6 is 0 Å². The number of methoxy groups -OCH3 is 1. The van der Waals surface area contributed by atoms with Crippen molar-refractivity contribution in [2.75, 3.05) is 38.7 Å². The molecule has 0 aliphatic heterocycles. The van der Waals surface area contributed by atoms with Gasteiger partial charge in [0.2, 0.25) is 5.91 Å². The van der Waals surface area contributed by atoms with Crippen molar-refractivity contribution < 1.29 is 14.6 Å². The number of aliphatic hydroxyl groups excluding tert-OH is 1. The quantitative estimate of drug-likeness (QED) is 0.780. The van der Waals surface area contributed by atoms with Crippen LogP contribution in [0.15, 0.2) is 18.2 Å². The Hall–Kier alpha value is -1.59. The fourth-order valence-electron chi connectivity index (χ4n) is 1.80. The average Bonchev–Trinajstić information content (AvgIpc) is 2.38. The van der Waals surface area contributed by atoms with Crippen molar-refractivity contribution in [1.29, 1.82) is 0 Å². The molecule has 1 rings (SSSR count). The fourth-order valence-corrected chi connectivity index (χ4v) is 1.80. The first-order valence-electron chi connectivity index (χ1n) is 6.38. The zero-order valence-corrected chi connectivity index (χ0v) is 11.8. The number of benzene rings is 1. The second kappa shape index (κ2) is 7.76. The van der Waals surface area contributed by atoms with Crippen LogP contribution < -0.4 is 10.1 Å². The molecular weight excluding hydrogens is 244 g/mol. The highest BCUT2D eigenvalue weighted by Gasteiger charge is 2.11. The molecule has 0 bridgehead atoms. The summed E-state index contributed by atoms with van der Waals surface area (Å²) in [5.74, 6) is 0.531. The van der Waals surface area contributed by atoms with E-state index in [2.05, 4.69) is 5.32 Å². The number of rotatable bonds is 7. The van der Waals surface area contributed by atoms with Crippen molar-refractivity contribution in [3.05, 3.63) is 23.8 Å². The van der Waals surface area contributed by atoms with Crippen LogP contribution in [0, 0.1) is 6.92 Å². The van der Waals surface area contributed by atoms with Gasteiger partial charge in [0.05, 0.1) is 25.9 Å². The van der Waals surface area contributed by atoms with Gasteiger partial charge in [0.25, 0.3) is 0 Å². The lowest BCUT2D eigenvalue weighted by atomic mass is 10.2. The van der Waals surface area contributed by atoms with Gasteiger partial charge in [-0.1, -0.05) is 13.0 Å². The van der Waals surface area contributed by atoms with Crippen LogP contribution in [0.25, 0.3) is 0 Å². The maximum atomic E-state index is 11.9. The Bertz CT molecular complexity index is 421. The van der Waals surface area contributed by atoms with Gasteiger partial charge in [0.1, 0.15) is 5.75 Å². The maximum Gasteiger partial charge on any atom is 0.238 e. The molecule has 106 valence electrons. The molecule has 0 atom stereocenters. The first kappa shape index (κ1) is 15.5. The Morgan fingerprint density at radius 3 is 2.79 bits per heavy atom. The number of anilines is 1. The van der Waals surface area contributed by atoms with Crippen LogP contribution in [0.4, 0.5) is 5.69 Å². The number of ether oxygens (including phenoxy) is 1. The molecule has 0 heterocycles. The molecule has 0 spiro atoms. The minimum atomic E-state index is -0.112. The molecule has 0 aliphatic carbocycles. The second-order valence-electron chi connectivity index (χ2n) is 4.34. The van der Waals surface area contributed by atoms with Crippen LogP contribution in [-0.2, 0) is 4.79 Å². The van der Waals surface area contributed by atoms with Crippen LogP contribution in [0.3, 0.4) is 0 Å². The fraction of sp³-hybridized carbons (Fsp3) is 0.500.